The summed E-state index contributed by atoms with van der Waals surface area (Å²) < 4.78 is 32.1. The van der Waals surface area contributed by atoms with Crippen LogP contribution in [0.2, 0.25) is 0 Å². The van der Waals surface area contributed by atoms with Gasteiger partial charge in [-0.25, -0.2) is 4.39 Å². The number of rotatable bonds is 2. The minimum absolute atomic E-state index is 0.204. The van der Waals surface area contributed by atoms with Crippen molar-refractivity contribution in [2.24, 2.45) is 0 Å². The molecule has 2 aromatic carbocycles. The molecular formula is C15H10F2N2O. The standard InChI is InChI=1S/C15H10F2N2O/c16-11-2-1-3-12(14(11)17)20-13-5-4-9-8-19-7-6-10(9)15(13)18/h1-8H,18H2. The summed E-state index contributed by atoms with van der Waals surface area (Å²) in [5.41, 5.74) is 6.34. The van der Waals surface area contributed by atoms with Crippen LogP contribution in [-0.2, 0) is 0 Å². The Bertz CT molecular complexity index is 790. The predicted octanol–water partition coefficient (Wildman–Crippen LogP) is 3.89. The molecule has 0 aliphatic carbocycles. The zero-order valence-corrected chi connectivity index (χ0v) is 10.3. The lowest BCUT2D eigenvalue weighted by atomic mass is 10.1. The monoisotopic (exact) mass is 272 g/mol. The summed E-state index contributed by atoms with van der Waals surface area (Å²) in [6.07, 6.45) is 3.27. The Morgan fingerprint density at radius 3 is 2.70 bits per heavy atom. The lowest BCUT2D eigenvalue weighted by Crippen LogP contribution is -1.96. The average Bonchev–Trinajstić information content (AvgIpc) is 2.47. The van der Waals surface area contributed by atoms with Crippen LogP contribution < -0.4 is 10.5 Å². The smallest absolute Gasteiger partial charge is 0.201 e. The van der Waals surface area contributed by atoms with Gasteiger partial charge in [-0.15, -0.1) is 0 Å². The number of halogens is 2. The highest BCUT2D eigenvalue weighted by Gasteiger charge is 2.12. The molecule has 0 radical (unpaired) electrons. The fourth-order valence-electron chi connectivity index (χ4n) is 1.94. The highest BCUT2D eigenvalue weighted by atomic mass is 19.2. The van der Waals surface area contributed by atoms with Crippen LogP contribution in [0.4, 0.5) is 14.5 Å². The maximum atomic E-state index is 13.6. The molecule has 1 heterocycles. The second-order valence-corrected chi connectivity index (χ2v) is 4.23. The number of nitrogen functional groups attached to an aromatic ring is 1. The molecule has 0 atom stereocenters. The SMILES string of the molecule is Nc1c(Oc2cccc(F)c2F)ccc2cnccc12. The molecule has 0 amide bonds. The van der Waals surface area contributed by atoms with Gasteiger partial charge in [0.15, 0.2) is 17.3 Å². The fourth-order valence-corrected chi connectivity index (χ4v) is 1.94. The average molecular weight is 272 g/mol. The number of fused-ring (bicyclic) bond motifs is 1. The Balaban J connectivity index is 2.07. The number of benzene rings is 2. The lowest BCUT2D eigenvalue weighted by molar-refractivity contribution is 0.417. The van der Waals surface area contributed by atoms with E-state index in [4.69, 9.17) is 10.5 Å². The van der Waals surface area contributed by atoms with Crippen molar-refractivity contribution in [1.82, 2.24) is 4.98 Å². The second-order valence-electron chi connectivity index (χ2n) is 4.23. The number of anilines is 1. The maximum Gasteiger partial charge on any atom is 0.201 e. The van der Waals surface area contributed by atoms with Crippen molar-refractivity contribution in [3.05, 3.63) is 60.4 Å². The highest BCUT2D eigenvalue weighted by molar-refractivity contribution is 5.95. The quantitative estimate of drug-likeness (QED) is 0.720. The molecule has 3 aromatic rings. The summed E-state index contributed by atoms with van der Waals surface area (Å²) in [6, 6.07) is 8.83. The first-order valence-corrected chi connectivity index (χ1v) is 5.91. The van der Waals surface area contributed by atoms with E-state index >= 15 is 0 Å². The van der Waals surface area contributed by atoms with Gasteiger partial charge in [0.1, 0.15) is 0 Å². The minimum Gasteiger partial charge on any atom is -0.452 e. The molecule has 3 rings (SSSR count). The van der Waals surface area contributed by atoms with Crippen LogP contribution >= 0.6 is 0 Å². The second kappa shape index (κ2) is 4.77. The minimum atomic E-state index is -1.04. The summed E-state index contributed by atoms with van der Waals surface area (Å²) >= 11 is 0. The maximum absolute atomic E-state index is 13.6. The van der Waals surface area contributed by atoms with E-state index in [2.05, 4.69) is 4.98 Å². The molecular weight excluding hydrogens is 262 g/mol. The molecule has 0 saturated heterocycles. The third-order valence-electron chi connectivity index (χ3n) is 2.96. The molecule has 0 spiro atoms. The van der Waals surface area contributed by atoms with Crippen molar-refractivity contribution in [3.8, 4) is 11.5 Å². The van der Waals surface area contributed by atoms with E-state index in [9.17, 15) is 8.78 Å². The number of nitrogens with two attached hydrogens (primary N) is 1. The number of ether oxygens (including phenoxy) is 1. The van der Waals surface area contributed by atoms with Crippen molar-refractivity contribution in [2.45, 2.75) is 0 Å². The van der Waals surface area contributed by atoms with Gasteiger partial charge in [0.2, 0.25) is 5.82 Å². The molecule has 2 N–H and O–H groups in total. The van der Waals surface area contributed by atoms with Gasteiger partial charge in [-0.05, 0) is 30.3 Å². The normalized spacial score (nSPS) is 10.7. The molecule has 0 saturated carbocycles. The molecule has 100 valence electrons. The summed E-state index contributed by atoms with van der Waals surface area (Å²) in [4.78, 5) is 3.99. The van der Waals surface area contributed by atoms with Gasteiger partial charge >= 0.3 is 0 Å². The van der Waals surface area contributed by atoms with E-state index in [1.807, 2.05) is 0 Å². The van der Waals surface area contributed by atoms with Gasteiger partial charge in [0.05, 0.1) is 5.69 Å². The van der Waals surface area contributed by atoms with Crippen molar-refractivity contribution >= 4 is 16.5 Å². The molecule has 0 bridgehead atoms. The van der Waals surface area contributed by atoms with Crippen LogP contribution in [0.25, 0.3) is 10.8 Å². The Kier molecular flexibility index (Phi) is 2.95. The largest absolute Gasteiger partial charge is 0.452 e. The Hall–Kier alpha value is -2.69. The van der Waals surface area contributed by atoms with Gasteiger partial charge in [-0.1, -0.05) is 6.07 Å². The summed E-state index contributed by atoms with van der Waals surface area (Å²) in [6.45, 7) is 0. The van der Waals surface area contributed by atoms with Crippen LogP contribution in [0.15, 0.2) is 48.8 Å². The molecule has 3 nitrogen and oxygen atoms in total. The van der Waals surface area contributed by atoms with Crippen LogP contribution in [-0.4, -0.2) is 4.98 Å². The Morgan fingerprint density at radius 1 is 1.00 bits per heavy atom. The molecule has 0 fully saturated rings. The third-order valence-corrected chi connectivity index (χ3v) is 2.96. The molecule has 5 heteroatoms. The van der Waals surface area contributed by atoms with Gasteiger partial charge in [-0.3, -0.25) is 4.98 Å². The summed E-state index contributed by atoms with van der Waals surface area (Å²) in [7, 11) is 0. The first kappa shape index (κ1) is 12.3. The zero-order chi connectivity index (χ0) is 14.1. The van der Waals surface area contributed by atoms with Crippen LogP contribution in [0, 0.1) is 11.6 Å². The van der Waals surface area contributed by atoms with Gasteiger partial charge in [-0.2, -0.15) is 4.39 Å². The van der Waals surface area contributed by atoms with Crippen LogP contribution in [0.1, 0.15) is 0 Å². The van der Waals surface area contributed by atoms with E-state index in [1.54, 1.807) is 30.6 Å². The topological polar surface area (TPSA) is 48.1 Å². The number of aromatic nitrogens is 1. The number of nitrogens with zero attached hydrogens (tertiary/aromatic N) is 1. The van der Waals surface area contributed by atoms with E-state index in [0.29, 0.717) is 5.69 Å². The Labute approximate surface area is 113 Å². The van der Waals surface area contributed by atoms with Crippen molar-refractivity contribution < 1.29 is 13.5 Å². The van der Waals surface area contributed by atoms with E-state index < -0.39 is 11.6 Å². The van der Waals surface area contributed by atoms with E-state index in [0.717, 1.165) is 16.8 Å². The highest BCUT2D eigenvalue weighted by Crippen LogP contribution is 2.34. The van der Waals surface area contributed by atoms with Gasteiger partial charge < -0.3 is 10.5 Å². The van der Waals surface area contributed by atoms with Crippen LogP contribution in [0.3, 0.4) is 0 Å². The van der Waals surface area contributed by atoms with Gasteiger partial charge in [0, 0.05) is 23.2 Å². The fraction of sp³-hybridized carbons (Fsp3) is 0. The summed E-state index contributed by atoms with van der Waals surface area (Å²) in [5.74, 6) is -1.94. The number of pyridine rings is 1. The van der Waals surface area contributed by atoms with Crippen molar-refractivity contribution in [3.63, 3.8) is 0 Å². The lowest BCUT2D eigenvalue weighted by Gasteiger charge is -2.11. The van der Waals surface area contributed by atoms with Crippen molar-refractivity contribution in [2.75, 3.05) is 5.73 Å². The molecule has 0 aliphatic heterocycles. The predicted molar refractivity (Wildman–Crippen MR) is 72.6 cm³/mol. The Morgan fingerprint density at radius 2 is 1.85 bits per heavy atom. The summed E-state index contributed by atoms with van der Waals surface area (Å²) in [5, 5.41) is 1.59. The van der Waals surface area contributed by atoms with E-state index in [1.165, 1.54) is 12.1 Å². The van der Waals surface area contributed by atoms with E-state index in [-0.39, 0.29) is 11.5 Å². The molecule has 0 aliphatic rings. The number of hydrogen-bond donors (Lipinski definition) is 1. The zero-order valence-electron chi connectivity index (χ0n) is 10.3. The third kappa shape index (κ3) is 2.03. The van der Waals surface area contributed by atoms with Crippen LogP contribution in [0.5, 0.6) is 11.5 Å². The molecule has 1 aromatic heterocycles. The van der Waals surface area contributed by atoms with Crippen molar-refractivity contribution in [1.29, 1.82) is 0 Å². The molecule has 20 heavy (non-hydrogen) atoms. The first-order chi connectivity index (χ1) is 9.66. The van der Waals surface area contributed by atoms with Gasteiger partial charge in [0.25, 0.3) is 0 Å². The molecule has 0 unspecified atom stereocenters. The first-order valence-electron chi connectivity index (χ1n) is 5.91. The number of hydrogen-bond acceptors (Lipinski definition) is 3.